The fraction of sp³-hybridized carbons (Fsp3) is 0.500. The molecular formula is C38H48Cl2N4O10. The molecule has 16 heteroatoms. The summed E-state index contributed by atoms with van der Waals surface area (Å²) in [5, 5.41) is 5.28. The molecule has 0 aliphatic carbocycles. The summed E-state index contributed by atoms with van der Waals surface area (Å²) in [5.41, 5.74) is 0.0845. The van der Waals surface area contributed by atoms with E-state index >= 15 is 0 Å². The van der Waals surface area contributed by atoms with Crippen LogP contribution in [0, 0.1) is 0 Å². The number of nitrogens with zero attached hydrogens (tertiary/aromatic N) is 2. The summed E-state index contributed by atoms with van der Waals surface area (Å²) >= 11 is 12.9. The molecule has 2 aromatic rings. The van der Waals surface area contributed by atoms with Crippen LogP contribution >= 0.6 is 23.2 Å². The molecule has 2 N–H and O–H groups in total. The third kappa shape index (κ3) is 14.7. The van der Waals surface area contributed by atoms with E-state index in [4.69, 9.17) is 42.1 Å². The Labute approximate surface area is 325 Å². The normalized spacial score (nSPS) is 14.1. The Morgan fingerprint density at radius 2 is 1.54 bits per heavy atom. The van der Waals surface area contributed by atoms with Gasteiger partial charge < -0.3 is 34.5 Å². The Morgan fingerprint density at radius 3 is 2.13 bits per heavy atom. The van der Waals surface area contributed by atoms with Crippen LogP contribution in [0.15, 0.2) is 41.4 Å². The molecule has 0 radical (unpaired) electrons. The quantitative estimate of drug-likeness (QED) is 0.140. The molecule has 14 nitrogen and oxygen atoms in total. The maximum atomic E-state index is 13.2. The largest absolute Gasteiger partial charge is 0.467 e. The van der Waals surface area contributed by atoms with Crippen molar-refractivity contribution in [1.82, 2.24) is 10.6 Å². The average molecular weight is 792 g/mol. The summed E-state index contributed by atoms with van der Waals surface area (Å²) in [7, 11) is 1.15. The molecule has 0 aromatic heterocycles. The van der Waals surface area contributed by atoms with Gasteiger partial charge in [-0.05, 0) is 77.8 Å². The first-order chi connectivity index (χ1) is 25.2. The zero-order valence-corrected chi connectivity index (χ0v) is 33.2. The van der Waals surface area contributed by atoms with E-state index < -0.39 is 52.9 Å². The van der Waals surface area contributed by atoms with Crippen molar-refractivity contribution >= 4 is 70.2 Å². The van der Waals surface area contributed by atoms with Crippen LogP contribution in [0.5, 0.6) is 0 Å². The van der Waals surface area contributed by atoms with E-state index in [2.05, 4.69) is 15.6 Å². The maximum Gasteiger partial charge on any atom is 0.434 e. The van der Waals surface area contributed by atoms with Gasteiger partial charge in [0, 0.05) is 42.9 Å². The highest BCUT2D eigenvalue weighted by Crippen LogP contribution is 2.31. The van der Waals surface area contributed by atoms with Crippen LogP contribution in [0.4, 0.5) is 10.5 Å². The Kier molecular flexibility index (Phi) is 16.0. The minimum Gasteiger partial charge on any atom is -0.467 e. The molecular weight excluding hydrogens is 743 g/mol. The summed E-state index contributed by atoms with van der Waals surface area (Å²) < 4.78 is 20.9. The summed E-state index contributed by atoms with van der Waals surface area (Å²) in [6.45, 7) is 12.2. The van der Waals surface area contributed by atoms with Gasteiger partial charge in [0.1, 0.15) is 17.2 Å². The van der Waals surface area contributed by atoms with Crippen molar-refractivity contribution in [2.75, 3.05) is 44.9 Å². The van der Waals surface area contributed by atoms with Gasteiger partial charge in [0.15, 0.2) is 5.78 Å². The van der Waals surface area contributed by atoms with Gasteiger partial charge in [-0.25, -0.2) is 9.59 Å². The second-order valence-corrected chi connectivity index (χ2v) is 15.3. The number of Topliss-reactive ketones (excluding diaryl/α,β-unsaturated/α-hetero) is 1. The van der Waals surface area contributed by atoms with Crippen molar-refractivity contribution in [3.05, 3.63) is 63.1 Å². The lowest BCUT2D eigenvalue weighted by Gasteiger charge is -2.29. The highest BCUT2D eigenvalue weighted by Gasteiger charge is 2.27. The molecule has 0 spiro atoms. The first-order valence-corrected chi connectivity index (χ1v) is 18.1. The second-order valence-electron chi connectivity index (χ2n) is 14.5. The number of hydrogen-bond acceptors (Lipinski definition) is 11. The number of ketones is 1. The van der Waals surface area contributed by atoms with Crippen molar-refractivity contribution < 1.29 is 47.7 Å². The smallest absolute Gasteiger partial charge is 0.434 e. The Balaban J connectivity index is 1.62. The molecule has 1 aliphatic rings. The predicted molar refractivity (Wildman–Crippen MR) is 204 cm³/mol. The predicted octanol–water partition coefficient (Wildman–Crippen LogP) is 5.53. The zero-order valence-electron chi connectivity index (χ0n) is 31.6. The molecule has 2 aromatic carbocycles. The van der Waals surface area contributed by atoms with Gasteiger partial charge in [0.2, 0.25) is 0 Å². The van der Waals surface area contributed by atoms with E-state index in [-0.39, 0.29) is 59.1 Å². The molecule has 1 aliphatic heterocycles. The number of hydrogen-bond donors (Lipinski definition) is 2. The number of rotatable bonds is 14. The van der Waals surface area contributed by atoms with Crippen LogP contribution in [0.3, 0.4) is 0 Å². The molecule has 1 fully saturated rings. The van der Waals surface area contributed by atoms with E-state index in [0.717, 1.165) is 12.8 Å². The van der Waals surface area contributed by atoms with Crippen LogP contribution in [0.2, 0.25) is 10.0 Å². The van der Waals surface area contributed by atoms with Crippen molar-refractivity contribution in [2.45, 2.75) is 84.5 Å². The van der Waals surface area contributed by atoms with Gasteiger partial charge in [-0.2, -0.15) is 4.99 Å². The van der Waals surface area contributed by atoms with E-state index in [1.807, 2.05) is 4.90 Å². The lowest BCUT2D eigenvalue weighted by molar-refractivity contribution is -0.153. The molecule has 3 amide bonds. The van der Waals surface area contributed by atoms with Gasteiger partial charge in [0.25, 0.3) is 11.8 Å². The molecule has 0 bridgehead atoms. The van der Waals surface area contributed by atoms with Crippen molar-refractivity contribution in [3.8, 4) is 0 Å². The van der Waals surface area contributed by atoms with E-state index in [9.17, 15) is 28.8 Å². The van der Waals surface area contributed by atoms with Gasteiger partial charge in [0.05, 0.1) is 48.9 Å². The summed E-state index contributed by atoms with van der Waals surface area (Å²) in [5.74, 6) is -3.07. The standard InChI is InChI=1S/C38H48Cl2N4O10/c1-37(2,3)53-31(46)19-25(42-36(50)54-38(4,5)6)18-23-9-8-10-24(17-23)33(47)41-22-27(45)11-12-30(35(49)51-7)43-34(48)32-28(39)20-26(21-29(32)40)44-13-15-52-16-14-44/h8-10,17,20-21,30H,11-16,18-19,22H2,1-7H3,(H,41,47)(H,43,48)/t30-/m0/s1. The van der Waals surface area contributed by atoms with Gasteiger partial charge in [-0.15, -0.1) is 0 Å². The number of nitrogens with one attached hydrogen (secondary N) is 2. The average Bonchev–Trinajstić information content (AvgIpc) is 3.07. The maximum absolute atomic E-state index is 13.2. The van der Waals surface area contributed by atoms with Gasteiger partial charge in [-0.3, -0.25) is 19.2 Å². The lowest BCUT2D eigenvalue weighted by atomic mass is 10.0. The summed E-state index contributed by atoms with van der Waals surface area (Å²) in [4.78, 5) is 82.7. The third-order valence-corrected chi connectivity index (χ3v) is 8.18. The first kappa shape index (κ1) is 43.9. The Morgan fingerprint density at radius 1 is 0.907 bits per heavy atom. The number of morpholine rings is 1. The van der Waals surface area contributed by atoms with Crippen LogP contribution in [-0.4, -0.2) is 98.5 Å². The fourth-order valence-corrected chi connectivity index (χ4v) is 5.88. The van der Waals surface area contributed by atoms with Crippen molar-refractivity contribution in [1.29, 1.82) is 0 Å². The fourth-order valence-electron chi connectivity index (χ4n) is 5.23. The number of ether oxygens (including phenoxy) is 4. The van der Waals surface area contributed by atoms with Gasteiger partial charge in [-0.1, -0.05) is 35.3 Å². The van der Waals surface area contributed by atoms with E-state index in [1.165, 1.54) is 6.07 Å². The van der Waals surface area contributed by atoms with Crippen molar-refractivity contribution in [2.24, 2.45) is 4.99 Å². The first-order valence-electron chi connectivity index (χ1n) is 17.3. The summed E-state index contributed by atoms with van der Waals surface area (Å²) in [6, 6.07) is 8.42. The van der Waals surface area contributed by atoms with Gasteiger partial charge >= 0.3 is 18.0 Å². The molecule has 0 saturated carbocycles. The second kappa shape index (κ2) is 19.7. The number of halogens is 2. The number of methoxy groups -OCH3 is 1. The number of carbonyl (C=O) groups is 6. The molecule has 3 rings (SSSR count). The highest BCUT2D eigenvalue weighted by atomic mass is 35.5. The number of aliphatic imine (C=N–C) groups is 1. The zero-order chi connectivity index (χ0) is 40.2. The van der Waals surface area contributed by atoms with E-state index in [1.54, 1.807) is 71.9 Å². The number of esters is 2. The molecule has 0 unspecified atom stereocenters. The van der Waals surface area contributed by atoms with Crippen molar-refractivity contribution in [3.63, 3.8) is 0 Å². The molecule has 294 valence electrons. The number of amides is 3. The minimum absolute atomic E-state index is 0.0295. The van der Waals surface area contributed by atoms with Crippen LogP contribution in [0.1, 0.15) is 87.1 Å². The molecule has 1 heterocycles. The minimum atomic E-state index is -1.21. The Hall–Kier alpha value is -4.53. The van der Waals surface area contributed by atoms with Crippen LogP contribution in [-0.2, 0) is 39.8 Å². The van der Waals surface area contributed by atoms with Crippen LogP contribution in [0.25, 0.3) is 0 Å². The number of anilines is 1. The number of carbonyl (C=O) groups excluding carboxylic acids is 6. The highest BCUT2D eigenvalue weighted by molar-refractivity contribution is 6.40. The number of benzene rings is 2. The van der Waals surface area contributed by atoms with Crippen LogP contribution < -0.4 is 15.5 Å². The SMILES string of the molecule is COC(=O)[C@H](CCC(=O)CNC(=O)c1cccc(CC(CC(=O)OC(C)(C)C)=NC(=O)OC(C)(C)C)c1)NC(=O)c1c(Cl)cc(N2CCOCC2)cc1Cl. The monoisotopic (exact) mass is 790 g/mol. The molecule has 54 heavy (non-hydrogen) atoms. The summed E-state index contributed by atoms with van der Waals surface area (Å²) in [6.07, 6.45) is -1.43. The molecule has 1 atom stereocenters. The lowest BCUT2D eigenvalue weighted by Crippen LogP contribution is -2.42. The van der Waals surface area contributed by atoms with E-state index in [0.29, 0.717) is 31.9 Å². The molecule has 1 saturated heterocycles. The third-order valence-electron chi connectivity index (χ3n) is 7.59. The topological polar surface area (TPSA) is 179 Å². The Bertz CT molecular complexity index is 1720.